The number of carbonyl (C=O) groups is 2. The molecule has 4 nitrogen and oxygen atoms in total. The van der Waals surface area contributed by atoms with E-state index >= 15 is 0 Å². The summed E-state index contributed by atoms with van der Waals surface area (Å²) in [5.74, 6) is -2.27. The summed E-state index contributed by atoms with van der Waals surface area (Å²) in [6, 6.07) is 9.92. The second kappa shape index (κ2) is 6.49. The van der Waals surface area contributed by atoms with Crippen LogP contribution in [0.4, 0.5) is 13.2 Å². The molecule has 134 valence electrons. The zero-order valence-corrected chi connectivity index (χ0v) is 13.6. The van der Waals surface area contributed by atoms with E-state index in [4.69, 9.17) is 21.4 Å². The third-order valence-corrected chi connectivity index (χ3v) is 4.01. The van der Waals surface area contributed by atoms with Gasteiger partial charge in [-0.3, -0.25) is 4.79 Å². The molecule has 0 bridgehead atoms. The average molecular weight is 383 g/mol. The number of carbonyl (C=O) groups excluding carboxylic acids is 1. The number of hydrogen-bond donors (Lipinski definition) is 1. The zero-order valence-electron chi connectivity index (χ0n) is 12.9. The maximum atomic E-state index is 13.0. The fourth-order valence-electron chi connectivity index (χ4n) is 2.53. The highest BCUT2D eigenvalue weighted by molar-refractivity contribution is 6.30. The van der Waals surface area contributed by atoms with Gasteiger partial charge in [-0.25, -0.2) is 4.79 Å². The molecule has 0 aromatic heterocycles. The topological polar surface area (TPSA) is 63.6 Å². The van der Waals surface area contributed by atoms with Crippen LogP contribution in [0.3, 0.4) is 0 Å². The molecule has 1 aliphatic heterocycles. The number of ether oxygens (including phenoxy) is 1. The summed E-state index contributed by atoms with van der Waals surface area (Å²) in [7, 11) is 0. The lowest BCUT2D eigenvalue weighted by atomic mass is 9.96. The first-order valence-electron chi connectivity index (χ1n) is 7.29. The van der Waals surface area contributed by atoms with Crippen LogP contribution in [0.2, 0.25) is 5.02 Å². The van der Waals surface area contributed by atoms with E-state index in [1.165, 1.54) is 42.5 Å². The van der Waals surface area contributed by atoms with Crippen LogP contribution < -0.4 is 4.74 Å². The molecule has 1 unspecified atom stereocenters. The summed E-state index contributed by atoms with van der Waals surface area (Å²) in [5, 5.41) is 9.50. The van der Waals surface area contributed by atoms with Gasteiger partial charge in [0.05, 0.1) is 5.57 Å². The molecular formula is C18H10ClF3O4. The summed E-state index contributed by atoms with van der Waals surface area (Å²) >= 11 is 5.77. The Morgan fingerprint density at radius 1 is 1.04 bits per heavy atom. The molecule has 0 saturated carbocycles. The maximum absolute atomic E-state index is 13.0. The molecule has 0 aliphatic carbocycles. The molecule has 0 fully saturated rings. The van der Waals surface area contributed by atoms with Gasteiger partial charge in [-0.1, -0.05) is 11.6 Å². The van der Waals surface area contributed by atoms with Crippen molar-refractivity contribution in [2.45, 2.75) is 12.3 Å². The molecule has 1 atom stereocenters. The van der Waals surface area contributed by atoms with Crippen molar-refractivity contribution in [3.8, 4) is 5.75 Å². The molecule has 0 spiro atoms. The fraction of sp³-hybridized carbons (Fsp3) is 0.111. The second-order valence-electron chi connectivity index (χ2n) is 5.53. The molecule has 3 rings (SSSR count). The second-order valence-corrected chi connectivity index (χ2v) is 5.97. The highest BCUT2D eigenvalue weighted by Crippen LogP contribution is 2.37. The van der Waals surface area contributed by atoms with Crippen LogP contribution in [-0.2, 0) is 4.79 Å². The summed E-state index contributed by atoms with van der Waals surface area (Å²) in [6.07, 6.45) is -6.57. The number of fused-ring (bicyclic) bond motifs is 1. The van der Waals surface area contributed by atoms with Crippen molar-refractivity contribution < 1.29 is 32.6 Å². The number of benzene rings is 2. The normalized spacial score (nSPS) is 16.3. The molecule has 1 heterocycles. The van der Waals surface area contributed by atoms with Crippen molar-refractivity contribution in [2.24, 2.45) is 0 Å². The van der Waals surface area contributed by atoms with Crippen molar-refractivity contribution >= 4 is 29.4 Å². The lowest BCUT2D eigenvalue weighted by molar-refractivity contribution is -0.187. The van der Waals surface area contributed by atoms with Crippen LogP contribution in [0.1, 0.15) is 21.5 Å². The van der Waals surface area contributed by atoms with Crippen molar-refractivity contribution in [2.75, 3.05) is 0 Å². The largest absolute Gasteiger partial charge is 0.478 e. The Balaban J connectivity index is 2.01. The van der Waals surface area contributed by atoms with E-state index in [1.54, 1.807) is 0 Å². The lowest BCUT2D eigenvalue weighted by Crippen LogP contribution is -2.40. The quantitative estimate of drug-likeness (QED) is 0.801. The van der Waals surface area contributed by atoms with Crippen molar-refractivity contribution in [1.29, 1.82) is 0 Å². The Hall–Kier alpha value is -2.80. The standard InChI is InChI=1S/C18H10ClF3O4/c19-12-4-1-9(2-5-12)15(23)10-3-6-14-11(7-10)8-13(17(24)25)16(26-14)18(20,21)22/h1-8,16H,(H,24,25). The number of carboxylic acid groups (broad SMARTS) is 1. The first kappa shape index (κ1) is 18.0. The van der Waals surface area contributed by atoms with Gasteiger partial charge in [0.1, 0.15) is 5.75 Å². The van der Waals surface area contributed by atoms with E-state index in [-0.39, 0.29) is 22.7 Å². The Bertz CT molecular complexity index is 917. The molecule has 1 N–H and O–H groups in total. The molecule has 0 amide bonds. The summed E-state index contributed by atoms with van der Waals surface area (Å²) < 4.78 is 43.9. The smallest absolute Gasteiger partial charge is 0.430 e. The van der Waals surface area contributed by atoms with Gasteiger partial charge in [-0.2, -0.15) is 13.2 Å². The number of ketones is 1. The van der Waals surface area contributed by atoms with Gasteiger partial charge in [-0.15, -0.1) is 0 Å². The molecule has 2 aromatic rings. The number of rotatable bonds is 3. The first-order valence-corrected chi connectivity index (χ1v) is 7.67. The van der Waals surface area contributed by atoms with E-state index in [0.717, 1.165) is 6.08 Å². The minimum atomic E-state index is -4.88. The molecular weight excluding hydrogens is 373 g/mol. The van der Waals surface area contributed by atoms with E-state index in [2.05, 4.69) is 0 Å². The number of carboxylic acids is 1. The molecule has 2 aromatic carbocycles. The molecule has 0 saturated heterocycles. The zero-order chi connectivity index (χ0) is 19.1. The van der Waals surface area contributed by atoms with E-state index in [9.17, 15) is 22.8 Å². The van der Waals surface area contributed by atoms with Crippen LogP contribution in [0, 0.1) is 0 Å². The Labute approximate surface area is 150 Å². The Morgan fingerprint density at radius 2 is 1.65 bits per heavy atom. The summed E-state index contributed by atoms with van der Waals surface area (Å²) in [5.41, 5.74) is -0.341. The molecule has 26 heavy (non-hydrogen) atoms. The van der Waals surface area contributed by atoms with Gasteiger partial charge in [-0.05, 0) is 48.5 Å². The van der Waals surface area contributed by atoms with Gasteiger partial charge in [0.2, 0.25) is 6.10 Å². The Morgan fingerprint density at radius 3 is 2.23 bits per heavy atom. The van der Waals surface area contributed by atoms with Crippen LogP contribution in [-0.4, -0.2) is 29.1 Å². The van der Waals surface area contributed by atoms with Crippen LogP contribution in [0.25, 0.3) is 6.08 Å². The van der Waals surface area contributed by atoms with Crippen LogP contribution >= 0.6 is 11.6 Å². The molecule has 0 radical (unpaired) electrons. The third-order valence-electron chi connectivity index (χ3n) is 3.76. The SMILES string of the molecule is O=C(O)C1=Cc2cc(C(=O)c3ccc(Cl)cc3)ccc2OC1C(F)(F)F. The van der Waals surface area contributed by atoms with E-state index in [1.807, 2.05) is 0 Å². The third kappa shape index (κ3) is 3.43. The predicted molar refractivity (Wildman–Crippen MR) is 87.4 cm³/mol. The van der Waals surface area contributed by atoms with Gasteiger partial charge in [0, 0.05) is 21.7 Å². The minimum Gasteiger partial charge on any atom is -0.478 e. The summed E-state index contributed by atoms with van der Waals surface area (Å²) in [6.45, 7) is 0. The highest BCUT2D eigenvalue weighted by atomic mass is 35.5. The number of alkyl halides is 3. The highest BCUT2D eigenvalue weighted by Gasteiger charge is 2.48. The van der Waals surface area contributed by atoms with Gasteiger partial charge in [0.25, 0.3) is 0 Å². The minimum absolute atomic E-state index is 0.0858. The molecule has 1 aliphatic rings. The van der Waals surface area contributed by atoms with E-state index < -0.39 is 23.8 Å². The van der Waals surface area contributed by atoms with Crippen molar-refractivity contribution in [1.82, 2.24) is 0 Å². The lowest BCUT2D eigenvalue weighted by Gasteiger charge is -2.27. The number of halogens is 4. The van der Waals surface area contributed by atoms with Gasteiger partial charge >= 0.3 is 12.1 Å². The average Bonchev–Trinajstić information content (AvgIpc) is 2.59. The summed E-state index contributed by atoms with van der Waals surface area (Å²) in [4.78, 5) is 23.6. The number of hydrogen-bond acceptors (Lipinski definition) is 3. The predicted octanol–water partition coefficient (Wildman–Crippen LogP) is 4.36. The van der Waals surface area contributed by atoms with Crippen molar-refractivity contribution in [3.05, 3.63) is 69.8 Å². The van der Waals surface area contributed by atoms with E-state index in [0.29, 0.717) is 10.6 Å². The van der Waals surface area contributed by atoms with Gasteiger partial charge < -0.3 is 9.84 Å². The maximum Gasteiger partial charge on any atom is 0.430 e. The molecule has 8 heteroatoms. The van der Waals surface area contributed by atoms with Gasteiger partial charge in [0.15, 0.2) is 5.78 Å². The van der Waals surface area contributed by atoms with Crippen LogP contribution in [0.15, 0.2) is 48.0 Å². The van der Waals surface area contributed by atoms with Crippen LogP contribution in [0.5, 0.6) is 5.75 Å². The first-order chi connectivity index (χ1) is 12.2. The monoisotopic (exact) mass is 382 g/mol. The Kier molecular flexibility index (Phi) is 4.50. The fourth-order valence-corrected chi connectivity index (χ4v) is 2.65. The van der Waals surface area contributed by atoms with Crippen molar-refractivity contribution in [3.63, 3.8) is 0 Å². The number of aliphatic carboxylic acids is 1.